The first kappa shape index (κ1) is 17.0. The second-order valence-electron chi connectivity index (χ2n) is 7.12. The van der Waals surface area contributed by atoms with Crippen LogP contribution in [0.2, 0.25) is 0 Å². The van der Waals surface area contributed by atoms with Crippen molar-refractivity contribution in [2.45, 2.75) is 25.8 Å². The van der Waals surface area contributed by atoms with Gasteiger partial charge in [0.05, 0.1) is 5.52 Å². The third kappa shape index (κ3) is 3.86. The van der Waals surface area contributed by atoms with Crippen LogP contribution in [0.15, 0.2) is 54.7 Å². The van der Waals surface area contributed by atoms with Crippen molar-refractivity contribution in [3.63, 3.8) is 0 Å². The second kappa shape index (κ2) is 7.83. The zero-order valence-electron chi connectivity index (χ0n) is 15.2. The molecule has 0 radical (unpaired) electrons. The largest absolute Gasteiger partial charge is 0.492 e. The number of piperidine rings is 1. The van der Waals surface area contributed by atoms with Crippen molar-refractivity contribution in [3.05, 3.63) is 60.3 Å². The number of fused-ring (bicyclic) bond motifs is 1. The van der Waals surface area contributed by atoms with E-state index in [1.807, 2.05) is 12.1 Å². The van der Waals surface area contributed by atoms with Crippen molar-refractivity contribution < 1.29 is 4.74 Å². The fourth-order valence-corrected chi connectivity index (χ4v) is 3.75. The molecule has 0 atom stereocenters. The Morgan fingerprint density at radius 3 is 2.54 bits per heavy atom. The Balaban J connectivity index is 1.45. The number of nitrogens with zero attached hydrogens (tertiary/aromatic N) is 2. The van der Waals surface area contributed by atoms with Gasteiger partial charge in [-0.25, -0.2) is 0 Å². The summed E-state index contributed by atoms with van der Waals surface area (Å²) in [5.74, 6) is 0.982. The first-order chi connectivity index (χ1) is 12.8. The molecule has 4 heteroatoms. The number of hydrogen-bond donors (Lipinski definition) is 1. The number of rotatable bonds is 6. The van der Waals surface area contributed by atoms with Gasteiger partial charge in [-0.15, -0.1) is 0 Å². The highest BCUT2D eigenvalue weighted by Gasteiger charge is 2.11. The number of nitrogens with two attached hydrogens (primary N) is 1. The molecule has 136 valence electrons. The lowest BCUT2D eigenvalue weighted by Crippen LogP contribution is -2.33. The Bertz CT molecular complexity index is 847. The molecule has 0 amide bonds. The van der Waals surface area contributed by atoms with Gasteiger partial charge in [0.15, 0.2) is 0 Å². The molecule has 3 aromatic rings. The van der Waals surface area contributed by atoms with E-state index in [0.717, 1.165) is 31.1 Å². The summed E-state index contributed by atoms with van der Waals surface area (Å²) in [6.07, 6.45) is 6.16. The molecule has 1 fully saturated rings. The van der Waals surface area contributed by atoms with Crippen molar-refractivity contribution in [3.8, 4) is 5.75 Å². The minimum Gasteiger partial charge on any atom is -0.492 e. The summed E-state index contributed by atoms with van der Waals surface area (Å²) >= 11 is 0. The minimum atomic E-state index is 0.752. The van der Waals surface area contributed by atoms with E-state index >= 15 is 0 Å². The summed E-state index contributed by atoms with van der Waals surface area (Å²) in [6.45, 7) is 5.03. The van der Waals surface area contributed by atoms with E-state index in [1.165, 1.54) is 48.8 Å². The number of hydrogen-bond acceptors (Lipinski definition) is 3. The molecule has 1 aliphatic heterocycles. The summed E-state index contributed by atoms with van der Waals surface area (Å²) in [7, 11) is 0. The molecule has 26 heavy (non-hydrogen) atoms. The topological polar surface area (TPSA) is 43.4 Å². The van der Waals surface area contributed by atoms with Crippen molar-refractivity contribution >= 4 is 16.6 Å². The number of ether oxygens (including phenoxy) is 1. The van der Waals surface area contributed by atoms with Gasteiger partial charge < -0.3 is 15.0 Å². The summed E-state index contributed by atoms with van der Waals surface area (Å²) in [5, 5.41) is 1.18. The molecule has 0 unspecified atom stereocenters. The molecular formula is C22H27N3O. The normalized spacial score (nSPS) is 15.4. The van der Waals surface area contributed by atoms with E-state index in [4.69, 9.17) is 10.5 Å². The Morgan fingerprint density at radius 1 is 0.923 bits per heavy atom. The molecule has 4 rings (SSSR count). The average molecular weight is 349 g/mol. The number of benzene rings is 2. The van der Waals surface area contributed by atoms with Crippen LogP contribution in [0.3, 0.4) is 0 Å². The lowest BCUT2D eigenvalue weighted by Gasteiger charge is -2.26. The standard InChI is InChI=1S/C22H27N3O/c23-19-9-7-18(8-10-19)17-25-14-11-20-21(25)5-4-6-22(20)26-16-15-24-12-2-1-3-13-24/h4-11,14H,1-3,12-13,15-17,23H2. The van der Waals surface area contributed by atoms with Gasteiger partial charge in [-0.05, 0) is 61.8 Å². The van der Waals surface area contributed by atoms with Crippen LogP contribution in [-0.4, -0.2) is 35.7 Å². The van der Waals surface area contributed by atoms with Gasteiger partial charge >= 0.3 is 0 Å². The maximum atomic E-state index is 6.13. The Kier molecular flexibility index (Phi) is 5.12. The summed E-state index contributed by atoms with van der Waals surface area (Å²) < 4.78 is 8.39. The maximum Gasteiger partial charge on any atom is 0.128 e. The Morgan fingerprint density at radius 2 is 1.73 bits per heavy atom. The van der Waals surface area contributed by atoms with Crippen LogP contribution in [0.4, 0.5) is 5.69 Å². The van der Waals surface area contributed by atoms with Gasteiger partial charge in [0.2, 0.25) is 0 Å². The molecule has 0 saturated carbocycles. The van der Waals surface area contributed by atoms with Gasteiger partial charge in [0.1, 0.15) is 12.4 Å². The smallest absolute Gasteiger partial charge is 0.128 e. The van der Waals surface area contributed by atoms with Gasteiger partial charge in [0.25, 0.3) is 0 Å². The molecule has 2 heterocycles. The summed E-state index contributed by atoms with van der Waals surface area (Å²) in [4.78, 5) is 2.51. The molecule has 1 aliphatic rings. The molecule has 1 aromatic heterocycles. The van der Waals surface area contributed by atoms with Crippen molar-refractivity contribution in [1.82, 2.24) is 9.47 Å². The van der Waals surface area contributed by atoms with Crippen LogP contribution in [0.5, 0.6) is 5.75 Å². The quantitative estimate of drug-likeness (QED) is 0.680. The van der Waals surface area contributed by atoms with E-state index in [-0.39, 0.29) is 0 Å². The van der Waals surface area contributed by atoms with E-state index in [9.17, 15) is 0 Å². The summed E-state index contributed by atoms with van der Waals surface area (Å²) in [6, 6.07) is 16.5. The maximum absolute atomic E-state index is 6.13. The van der Waals surface area contributed by atoms with E-state index in [0.29, 0.717) is 0 Å². The summed E-state index contributed by atoms with van der Waals surface area (Å²) in [5.41, 5.74) is 9.03. The van der Waals surface area contributed by atoms with E-state index in [2.05, 4.69) is 52.1 Å². The Labute approximate surface area is 155 Å². The van der Waals surface area contributed by atoms with Crippen molar-refractivity contribution in [2.24, 2.45) is 0 Å². The molecule has 2 aromatic carbocycles. The van der Waals surface area contributed by atoms with Crippen LogP contribution in [0, 0.1) is 0 Å². The first-order valence-corrected chi connectivity index (χ1v) is 9.57. The predicted octanol–water partition coefficient (Wildman–Crippen LogP) is 4.14. The van der Waals surface area contributed by atoms with Gasteiger partial charge in [-0.2, -0.15) is 0 Å². The molecule has 2 N–H and O–H groups in total. The van der Waals surface area contributed by atoms with Crippen molar-refractivity contribution in [2.75, 3.05) is 32.0 Å². The first-order valence-electron chi connectivity index (χ1n) is 9.57. The molecule has 4 nitrogen and oxygen atoms in total. The number of anilines is 1. The molecule has 0 spiro atoms. The van der Waals surface area contributed by atoms with Gasteiger partial charge in [-0.3, -0.25) is 4.90 Å². The lowest BCUT2D eigenvalue weighted by molar-refractivity contribution is 0.184. The third-order valence-corrected chi connectivity index (χ3v) is 5.22. The SMILES string of the molecule is Nc1ccc(Cn2ccc3c(OCCN4CCCCC4)cccc32)cc1. The highest BCUT2D eigenvalue weighted by atomic mass is 16.5. The molecule has 0 bridgehead atoms. The number of nitrogen functional groups attached to an aromatic ring is 1. The molecular weight excluding hydrogens is 322 g/mol. The zero-order chi connectivity index (χ0) is 17.8. The van der Waals surface area contributed by atoms with Crippen molar-refractivity contribution in [1.29, 1.82) is 0 Å². The van der Waals surface area contributed by atoms with Crippen LogP contribution in [0.25, 0.3) is 10.9 Å². The fourth-order valence-electron chi connectivity index (χ4n) is 3.75. The van der Waals surface area contributed by atoms with Crippen LogP contribution < -0.4 is 10.5 Å². The van der Waals surface area contributed by atoms with Gasteiger partial charge in [0, 0.05) is 30.4 Å². The van der Waals surface area contributed by atoms with E-state index in [1.54, 1.807) is 0 Å². The second-order valence-corrected chi connectivity index (χ2v) is 7.12. The zero-order valence-corrected chi connectivity index (χ0v) is 15.2. The van der Waals surface area contributed by atoms with Crippen LogP contribution in [-0.2, 0) is 6.54 Å². The Hall–Kier alpha value is -2.46. The highest BCUT2D eigenvalue weighted by molar-refractivity contribution is 5.86. The molecule has 0 aliphatic carbocycles. The van der Waals surface area contributed by atoms with Gasteiger partial charge in [-0.1, -0.05) is 24.6 Å². The fraction of sp³-hybridized carbons (Fsp3) is 0.364. The van der Waals surface area contributed by atoms with Crippen LogP contribution >= 0.6 is 0 Å². The lowest BCUT2D eigenvalue weighted by atomic mass is 10.1. The predicted molar refractivity (Wildman–Crippen MR) is 108 cm³/mol. The minimum absolute atomic E-state index is 0.752. The van der Waals surface area contributed by atoms with E-state index < -0.39 is 0 Å². The highest BCUT2D eigenvalue weighted by Crippen LogP contribution is 2.27. The number of likely N-dealkylation sites (tertiary alicyclic amines) is 1. The number of aromatic nitrogens is 1. The van der Waals surface area contributed by atoms with Crippen LogP contribution in [0.1, 0.15) is 24.8 Å². The molecule has 1 saturated heterocycles. The monoisotopic (exact) mass is 349 g/mol. The third-order valence-electron chi connectivity index (χ3n) is 5.22. The average Bonchev–Trinajstić information content (AvgIpc) is 3.08.